The molecule has 0 unspecified atom stereocenters. The third-order valence-electron chi connectivity index (χ3n) is 2.82. The van der Waals surface area contributed by atoms with E-state index in [0.29, 0.717) is 17.8 Å². The van der Waals surface area contributed by atoms with Crippen molar-refractivity contribution in [2.45, 2.75) is 33.4 Å². The predicted octanol–water partition coefficient (Wildman–Crippen LogP) is 3.20. The first-order chi connectivity index (χ1) is 11.0. The van der Waals surface area contributed by atoms with Gasteiger partial charge in [0.05, 0.1) is 17.0 Å². The minimum Gasteiger partial charge on any atom is -0.434 e. The van der Waals surface area contributed by atoms with Crippen LogP contribution in [-0.2, 0) is 22.6 Å². The van der Waals surface area contributed by atoms with Crippen molar-refractivity contribution < 1.29 is 23.1 Å². The van der Waals surface area contributed by atoms with Gasteiger partial charge in [0, 0.05) is 18.8 Å². The number of alkyl halides is 2. The third-order valence-corrected chi connectivity index (χ3v) is 3.02. The zero-order valence-electron chi connectivity index (χ0n) is 12.4. The number of carbonyl (C=O) groups excluding carboxylic acids is 2. The molecule has 0 saturated carbocycles. The Balaban J connectivity index is 0.000000816. The summed E-state index contributed by atoms with van der Waals surface area (Å²) in [5, 5.41) is 4.48. The van der Waals surface area contributed by atoms with Gasteiger partial charge in [-0.25, -0.2) is 4.98 Å². The van der Waals surface area contributed by atoms with E-state index in [2.05, 4.69) is 14.8 Å². The molecule has 0 amide bonds. The molecule has 0 atom stereocenters. The molecule has 0 aliphatic heterocycles. The second kappa shape index (κ2) is 8.97. The summed E-state index contributed by atoms with van der Waals surface area (Å²) in [7, 11) is 0. The molecule has 0 N–H and O–H groups in total. The molecule has 2 aromatic rings. The molecule has 0 bridgehead atoms. The summed E-state index contributed by atoms with van der Waals surface area (Å²) in [5.74, 6) is -0.00254. The number of hydrogen-bond donors (Lipinski definition) is 0. The predicted molar refractivity (Wildman–Crippen MR) is 77.2 cm³/mol. The van der Waals surface area contributed by atoms with E-state index in [-0.39, 0.29) is 17.1 Å². The van der Waals surface area contributed by atoms with E-state index in [1.54, 1.807) is 4.68 Å². The molecule has 6 nitrogen and oxygen atoms in total. The topological polar surface area (TPSA) is 74.1 Å². The summed E-state index contributed by atoms with van der Waals surface area (Å²) >= 11 is 5.74. The van der Waals surface area contributed by atoms with Crippen LogP contribution in [0.15, 0.2) is 18.3 Å². The maximum atomic E-state index is 12.5. The standard InChI is InChI=1S/C13H14ClF2N3O.CO2/c1-3-8-5-10(19(4-2)18-8)9-7-17-12(14)6-11(9)20-13(15)16;2-1-3/h5-7,13H,3-4H2,1-2H3;. The molecule has 2 rings (SSSR count). The number of pyridine rings is 1. The smallest absolute Gasteiger partial charge is 0.387 e. The molecule has 0 radical (unpaired) electrons. The maximum Gasteiger partial charge on any atom is 0.387 e. The molecule has 2 aromatic heterocycles. The van der Waals surface area contributed by atoms with Gasteiger partial charge in [0.25, 0.3) is 0 Å². The Morgan fingerprint density at radius 3 is 2.52 bits per heavy atom. The highest BCUT2D eigenvalue weighted by Gasteiger charge is 2.17. The van der Waals surface area contributed by atoms with Crippen molar-refractivity contribution in [2.24, 2.45) is 0 Å². The van der Waals surface area contributed by atoms with Crippen LogP contribution >= 0.6 is 11.6 Å². The van der Waals surface area contributed by atoms with Crippen molar-refractivity contribution in [1.82, 2.24) is 14.8 Å². The average molecular weight is 346 g/mol. The van der Waals surface area contributed by atoms with E-state index < -0.39 is 6.61 Å². The monoisotopic (exact) mass is 345 g/mol. The van der Waals surface area contributed by atoms with Gasteiger partial charge in [0.1, 0.15) is 10.9 Å². The second-order valence-corrected chi connectivity index (χ2v) is 4.54. The first kappa shape index (κ1) is 18.7. The molecule has 0 aliphatic rings. The zero-order chi connectivity index (χ0) is 17.4. The molecule has 23 heavy (non-hydrogen) atoms. The van der Waals surface area contributed by atoms with Gasteiger partial charge in [-0.2, -0.15) is 23.5 Å². The van der Waals surface area contributed by atoms with Crippen molar-refractivity contribution in [2.75, 3.05) is 0 Å². The van der Waals surface area contributed by atoms with Gasteiger partial charge in [-0.15, -0.1) is 0 Å². The van der Waals surface area contributed by atoms with Crippen LogP contribution in [0.5, 0.6) is 5.75 Å². The SMILES string of the molecule is CCc1cc(-c2cnc(Cl)cc2OC(F)F)n(CC)n1.O=C=O. The van der Waals surface area contributed by atoms with Crippen molar-refractivity contribution >= 4 is 17.8 Å². The fraction of sp³-hybridized carbons (Fsp3) is 0.357. The normalized spacial score (nSPS) is 10.0. The number of ether oxygens (including phenoxy) is 1. The zero-order valence-corrected chi connectivity index (χ0v) is 13.2. The number of nitrogens with zero attached hydrogens (tertiary/aromatic N) is 3. The quantitative estimate of drug-likeness (QED) is 0.778. The van der Waals surface area contributed by atoms with Crippen LogP contribution in [0.4, 0.5) is 8.78 Å². The van der Waals surface area contributed by atoms with Gasteiger partial charge in [-0.1, -0.05) is 18.5 Å². The molecule has 0 aliphatic carbocycles. The molecule has 9 heteroatoms. The van der Waals surface area contributed by atoms with Crippen molar-refractivity contribution in [3.63, 3.8) is 0 Å². The molecular weight excluding hydrogens is 332 g/mol. The van der Waals surface area contributed by atoms with Crippen molar-refractivity contribution in [3.8, 4) is 17.0 Å². The minimum absolute atomic E-state index is 0.00254. The van der Waals surface area contributed by atoms with Crippen LogP contribution in [0.2, 0.25) is 5.15 Å². The summed E-state index contributed by atoms with van der Waals surface area (Å²) in [6.45, 7) is 1.60. The summed E-state index contributed by atoms with van der Waals surface area (Å²) in [6.07, 6.45) is 2.43. The van der Waals surface area contributed by atoms with E-state index in [0.717, 1.165) is 12.1 Å². The largest absolute Gasteiger partial charge is 0.434 e. The number of hydrogen-bond acceptors (Lipinski definition) is 5. The van der Waals surface area contributed by atoms with Gasteiger partial charge >= 0.3 is 12.8 Å². The van der Waals surface area contributed by atoms with E-state index in [9.17, 15) is 8.78 Å². The van der Waals surface area contributed by atoms with E-state index in [1.807, 2.05) is 19.9 Å². The fourth-order valence-electron chi connectivity index (χ4n) is 1.90. The molecule has 0 fully saturated rings. The number of aromatic nitrogens is 3. The van der Waals surface area contributed by atoms with Crippen LogP contribution in [-0.4, -0.2) is 27.5 Å². The van der Waals surface area contributed by atoms with Gasteiger partial charge in [-0.3, -0.25) is 4.68 Å². The van der Waals surface area contributed by atoms with Crippen LogP contribution in [0.3, 0.4) is 0 Å². The molecule has 0 aromatic carbocycles. The lowest BCUT2D eigenvalue weighted by Gasteiger charge is -2.11. The lowest BCUT2D eigenvalue weighted by molar-refractivity contribution is -0.191. The lowest BCUT2D eigenvalue weighted by atomic mass is 10.1. The van der Waals surface area contributed by atoms with Gasteiger partial charge in [-0.05, 0) is 19.4 Å². The van der Waals surface area contributed by atoms with E-state index >= 15 is 0 Å². The van der Waals surface area contributed by atoms with Gasteiger partial charge in [0.15, 0.2) is 0 Å². The summed E-state index contributed by atoms with van der Waals surface area (Å²) in [5.41, 5.74) is 2.01. The Morgan fingerprint density at radius 2 is 2.00 bits per heavy atom. The average Bonchev–Trinajstić information content (AvgIpc) is 2.91. The highest BCUT2D eigenvalue weighted by atomic mass is 35.5. The number of aryl methyl sites for hydroxylation is 2. The fourth-order valence-corrected chi connectivity index (χ4v) is 2.05. The van der Waals surface area contributed by atoms with Crippen LogP contribution in [0.25, 0.3) is 11.3 Å². The first-order valence-electron chi connectivity index (χ1n) is 6.63. The molecule has 2 heterocycles. The minimum atomic E-state index is -2.92. The van der Waals surface area contributed by atoms with E-state index in [4.69, 9.17) is 21.2 Å². The summed E-state index contributed by atoms with van der Waals surface area (Å²) < 4.78 is 31.2. The molecular formula is C14H14ClF2N3O3. The summed E-state index contributed by atoms with van der Waals surface area (Å²) in [6, 6.07) is 3.12. The van der Waals surface area contributed by atoms with E-state index in [1.165, 1.54) is 12.3 Å². The summed E-state index contributed by atoms with van der Waals surface area (Å²) in [4.78, 5) is 20.2. The highest BCUT2D eigenvalue weighted by Crippen LogP contribution is 2.32. The Morgan fingerprint density at radius 1 is 1.35 bits per heavy atom. The molecule has 124 valence electrons. The Kier molecular flexibility index (Phi) is 7.31. The number of halogens is 3. The van der Waals surface area contributed by atoms with Gasteiger partial charge < -0.3 is 4.74 Å². The highest BCUT2D eigenvalue weighted by molar-refractivity contribution is 6.29. The van der Waals surface area contributed by atoms with Crippen LogP contribution in [0, 0.1) is 0 Å². The maximum absolute atomic E-state index is 12.5. The van der Waals surface area contributed by atoms with Crippen molar-refractivity contribution in [3.05, 3.63) is 29.2 Å². The van der Waals surface area contributed by atoms with Gasteiger partial charge in [0.2, 0.25) is 0 Å². The lowest BCUT2D eigenvalue weighted by Crippen LogP contribution is -2.06. The van der Waals surface area contributed by atoms with Crippen molar-refractivity contribution in [1.29, 1.82) is 0 Å². The Labute approximate surface area is 136 Å². The van der Waals surface area contributed by atoms with Crippen LogP contribution < -0.4 is 4.74 Å². The second-order valence-electron chi connectivity index (χ2n) is 4.16. The first-order valence-corrected chi connectivity index (χ1v) is 7.01. The Hall–Kier alpha value is -2.31. The molecule has 0 spiro atoms. The van der Waals surface area contributed by atoms with Crippen LogP contribution in [0.1, 0.15) is 19.5 Å². The third kappa shape index (κ3) is 5.12. The number of rotatable bonds is 5. The molecule has 0 saturated heterocycles. The Bertz CT molecular complexity index is 686.